The fourth-order valence-corrected chi connectivity index (χ4v) is 1.05. The molecule has 0 radical (unpaired) electrons. The van der Waals surface area contributed by atoms with E-state index in [1.807, 2.05) is 6.92 Å². The standard InChI is InChI=1S/C10H21NO2/c1-3-5-6-8-11-9-7-10(12)13-4-2/h11H,3-9H2,1-2H3. The van der Waals surface area contributed by atoms with Crippen LogP contribution in [0.25, 0.3) is 0 Å². The van der Waals surface area contributed by atoms with Gasteiger partial charge >= 0.3 is 5.97 Å². The van der Waals surface area contributed by atoms with Crippen LogP contribution < -0.4 is 5.32 Å². The van der Waals surface area contributed by atoms with Crippen molar-refractivity contribution < 1.29 is 9.53 Å². The minimum absolute atomic E-state index is 0.106. The average molecular weight is 187 g/mol. The van der Waals surface area contributed by atoms with Crippen LogP contribution in [0.3, 0.4) is 0 Å². The average Bonchev–Trinajstić information content (AvgIpc) is 2.11. The molecule has 0 atom stereocenters. The number of carbonyl (C=O) groups is 1. The van der Waals surface area contributed by atoms with E-state index in [2.05, 4.69) is 12.2 Å². The predicted octanol–water partition coefficient (Wildman–Crippen LogP) is 1.72. The van der Waals surface area contributed by atoms with Crippen LogP contribution in [0, 0.1) is 0 Å². The molecule has 0 aliphatic rings. The third-order valence-corrected chi connectivity index (χ3v) is 1.77. The Kier molecular flexibility index (Phi) is 9.10. The van der Waals surface area contributed by atoms with Gasteiger partial charge in [0.05, 0.1) is 13.0 Å². The molecule has 0 aromatic heterocycles. The fraction of sp³-hybridized carbons (Fsp3) is 0.900. The second kappa shape index (κ2) is 9.52. The lowest BCUT2D eigenvalue weighted by atomic mass is 10.2. The number of carbonyl (C=O) groups excluding carboxylic acids is 1. The summed E-state index contributed by atoms with van der Waals surface area (Å²) in [6, 6.07) is 0. The van der Waals surface area contributed by atoms with Gasteiger partial charge in [0.15, 0.2) is 0 Å². The number of hydrogen-bond acceptors (Lipinski definition) is 3. The lowest BCUT2D eigenvalue weighted by Gasteiger charge is -2.03. The molecule has 3 nitrogen and oxygen atoms in total. The summed E-state index contributed by atoms with van der Waals surface area (Å²) in [6.45, 7) is 6.23. The zero-order valence-electron chi connectivity index (χ0n) is 8.77. The lowest BCUT2D eigenvalue weighted by Crippen LogP contribution is -2.20. The Morgan fingerprint density at radius 3 is 2.62 bits per heavy atom. The molecular weight excluding hydrogens is 166 g/mol. The number of esters is 1. The van der Waals surface area contributed by atoms with Crippen LogP contribution in [0.15, 0.2) is 0 Å². The topological polar surface area (TPSA) is 38.3 Å². The molecule has 0 heterocycles. The van der Waals surface area contributed by atoms with Gasteiger partial charge < -0.3 is 10.1 Å². The maximum Gasteiger partial charge on any atom is 0.307 e. The molecule has 0 aromatic carbocycles. The van der Waals surface area contributed by atoms with Crippen molar-refractivity contribution in [1.29, 1.82) is 0 Å². The van der Waals surface area contributed by atoms with Crippen molar-refractivity contribution in [3.8, 4) is 0 Å². The smallest absolute Gasteiger partial charge is 0.307 e. The number of hydrogen-bond donors (Lipinski definition) is 1. The zero-order chi connectivity index (χ0) is 9.94. The molecule has 0 aliphatic heterocycles. The molecular formula is C10H21NO2. The van der Waals surface area contributed by atoms with Crippen molar-refractivity contribution in [3.05, 3.63) is 0 Å². The van der Waals surface area contributed by atoms with E-state index in [4.69, 9.17) is 4.74 Å². The quantitative estimate of drug-likeness (QED) is 0.464. The second-order valence-electron chi connectivity index (χ2n) is 3.01. The van der Waals surface area contributed by atoms with Gasteiger partial charge in [-0.15, -0.1) is 0 Å². The molecule has 0 amide bonds. The fourth-order valence-electron chi connectivity index (χ4n) is 1.05. The van der Waals surface area contributed by atoms with Gasteiger partial charge in [-0.05, 0) is 19.9 Å². The number of ether oxygens (including phenoxy) is 1. The highest BCUT2D eigenvalue weighted by Crippen LogP contribution is 1.91. The van der Waals surface area contributed by atoms with Crippen molar-refractivity contribution in [2.24, 2.45) is 0 Å². The summed E-state index contributed by atoms with van der Waals surface area (Å²) in [7, 11) is 0. The highest BCUT2D eigenvalue weighted by molar-refractivity contribution is 5.69. The molecule has 0 spiro atoms. The Hall–Kier alpha value is -0.570. The van der Waals surface area contributed by atoms with Crippen molar-refractivity contribution in [1.82, 2.24) is 5.32 Å². The third kappa shape index (κ3) is 9.34. The van der Waals surface area contributed by atoms with E-state index in [-0.39, 0.29) is 5.97 Å². The summed E-state index contributed by atoms with van der Waals surface area (Å²) in [5, 5.41) is 3.21. The van der Waals surface area contributed by atoms with Gasteiger partial charge in [0, 0.05) is 6.54 Å². The number of nitrogens with one attached hydrogen (secondary N) is 1. The highest BCUT2D eigenvalue weighted by atomic mass is 16.5. The van der Waals surface area contributed by atoms with Crippen molar-refractivity contribution in [3.63, 3.8) is 0 Å². The van der Waals surface area contributed by atoms with Gasteiger partial charge in [-0.3, -0.25) is 4.79 Å². The summed E-state index contributed by atoms with van der Waals surface area (Å²) in [4.78, 5) is 10.9. The molecule has 13 heavy (non-hydrogen) atoms. The SMILES string of the molecule is CCCCCNCCC(=O)OCC. The Morgan fingerprint density at radius 1 is 1.23 bits per heavy atom. The molecule has 0 saturated carbocycles. The van der Waals surface area contributed by atoms with Crippen LogP contribution in [0.2, 0.25) is 0 Å². The predicted molar refractivity (Wildman–Crippen MR) is 53.6 cm³/mol. The molecule has 0 bridgehead atoms. The third-order valence-electron chi connectivity index (χ3n) is 1.77. The van der Waals surface area contributed by atoms with E-state index < -0.39 is 0 Å². The Bertz CT molecular complexity index is 126. The Morgan fingerprint density at radius 2 is 2.00 bits per heavy atom. The normalized spacial score (nSPS) is 10.0. The van der Waals surface area contributed by atoms with Crippen LogP contribution in [0.5, 0.6) is 0 Å². The van der Waals surface area contributed by atoms with Crippen molar-refractivity contribution >= 4 is 5.97 Å². The van der Waals surface area contributed by atoms with Gasteiger partial charge in [-0.1, -0.05) is 19.8 Å². The number of unbranched alkanes of at least 4 members (excludes halogenated alkanes) is 2. The molecule has 0 saturated heterocycles. The van der Waals surface area contributed by atoms with E-state index in [1.54, 1.807) is 0 Å². The maximum atomic E-state index is 10.9. The number of rotatable bonds is 8. The van der Waals surface area contributed by atoms with Crippen molar-refractivity contribution in [2.45, 2.75) is 39.5 Å². The first-order valence-electron chi connectivity index (χ1n) is 5.17. The summed E-state index contributed by atoms with van der Waals surface area (Å²) in [5.41, 5.74) is 0. The first-order valence-corrected chi connectivity index (χ1v) is 5.17. The van der Waals surface area contributed by atoms with Crippen LogP contribution in [-0.2, 0) is 9.53 Å². The highest BCUT2D eigenvalue weighted by Gasteiger charge is 1.99. The van der Waals surface area contributed by atoms with E-state index in [0.29, 0.717) is 13.0 Å². The summed E-state index contributed by atoms with van der Waals surface area (Å²) in [6.07, 6.45) is 4.17. The largest absolute Gasteiger partial charge is 0.466 e. The van der Waals surface area contributed by atoms with Crippen LogP contribution in [-0.4, -0.2) is 25.7 Å². The molecule has 3 heteroatoms. The molecule has 78 valence electrons. The van der Waals surface area contributed by atoms with Gasteiger partial charge in [-0.2, -0.15) is 0 Å². The van der Waals surface area contributed by atoms with Gasteiger partial charge in [0.25, 0.3) is 0 Å². The van der Waals surface area contributed by atoms with Gasteiger partial charge in [0.2, 0.25) is 0 Å². The molecule has 0 unspecified atom stereocenters. The second-order valence-corrected chi connectivity index (χ2v) is 3.01. The van der Waals surface area contributed by atoms with E-state index in [1.165, 1.54) is 19.3 Å². The summed E-state index contributed by atoms with van der Waals surface area (Å²) in [5.74, 6) is -0.106. The Balaban J connectivity index is 3.02. The Labute approximate surface area is 80.8 Å². The minimum atomic E-state index is -0.106. The molecule has 1 N–H and O–H groups in total. The lowest BCUT2D eigenvalue weighted by molar-refractivity contribution is -0.142. The van der Waals surface area contributed by atoms with Gasteiger partial charge in [-0.25, -0.2) is 0 Å². The monoisotopic (exact) mass is 187 g/mol. The van der Waals surface area contributed by atoms with E-state index in [0.717, 1.165) is 13.1 Å². The molecule has 0 fully saturated rings. The molecule has 0 aliphatic carbocycles. The van der Waals surface area contributed by atoms with Crippen LogP contribution in [0.1, 0.15) is 39.5 Å². The van der Waals surface area contributed by atoms with Gasteiger partial charge in [0.1, 0.15) is 0 Å². The van der Waals surface area contributed by atoms with Crippen LogP contribution in [0.4, 0.5) is 0 Å². The first kappa shape index (κ1) is 12.4. The summed E-state index contributed by atoms with van der Waals surface area (Å²) < 4.78 is 4.79. The summed E-state index contributed by atoms with van der Waals surface area (Å²) >= 11 is 0. The van der Waals surface area contributed by atoms with E-state index in [9.17, 15) is 4.79 Å². The first-order chi connectivity index (χ1) is 6.31. The minimum Gasteiger partial charge on any atom is -0.466 e. The molecule has 0 rings (SSSR count). The zero-order valence-corrected chi connectivity index (χ0v) is 8.77. The maximum absolute atomic E-state index is 10.9. The molecule has 0 aromatic rings. The van der Waals surface area contributed by atoms with Crippen molar-refractivity contribution in [2.75, 3.05) is 19.7 Å². The van der Waals surface area contributed by atoms with Crippen LogP contribution >= 0.6 is 0 Å². The van der Waals surface area contributed by atoms with E-state index >= 15 is 0 Å².